The normalized spacial score (nSPS) is 15.1. The summed E-state index contributed by atoms with van der Waals surface area (Å²) in [7, 11) is 1.97. The van der Waals surface area contributed by atoms with E-state index in [1.807, 2.05) is 13.1 Å². The monoisotopic (exact) mass is 283 g/mol. The van der Waals surface area contributed by atoms with Crippen LogP contribution in [0.1, 0.15) is 18.4 Å². The first-order valence-electron chi connectivity index (χ1n) is 5.86. The lowest BCUT2D eigenvalue weighted by molar-refractivity contribution is 0.297. The number of ether oxygens (including phenoxy) is 1. The van der Waals surface area contributed by atoms with Crippen molar-refractivity contribution in [1.82, 2.24) is 5.32 Å². The SMILES string of the molecule is CNCCc1cccc(OCC2CC2)c1Br. The zero-order chi connectivity index (χ0) is 11.4. The molecule has 3 heteroatoms. The van der Waals surface area contributed by atoms with E-state index < -0.39 is 0 Å². The van der Waals surface area contributed by atoms with Crippen molar-refractivity contribution in [2.45, 2.75) is 19.3 Å². The Morgan fingerprint density at radius 1 is 1.44 bits per heavy atom. The predicted octanol–water partition coefficient (Wildman–Crippen LogP) is 3.00. The van der Waals surface area contributed by atoms with Crippen molar-refractivity contribution in [2.24, 2.45) is 5.92 Å². The third-order valence-corrected chi connectivity index (χ3v) is 3.76. The van der Waals surface area contributed by atoms with E-state index in [1.165, 1.54) is 18.4 Å². The van der Waals surface area contributed by atoms with Gasteiger partial charge in [0, 0.05) is 0 Å². The van der Waals surface area contributed by atoms with Crippen LogP contribution in [0.15, 0.2) is 22.7 Å². The summed E-state index contributed by atoms with van der Waals surface area (Å²) < 4.78 is 6.93. The molecule has 1 aliphatic carbocycles. The number of nitrogens with one attached hydrogen (secondary N) is 1. The molecule has 88 valence electrons. The van der Waals surface area contributed by atoms with Gasteiger partial charge in [-0.2, -0.15) is 0 Å². The number of rotatable bonds is 6. The minimum atomic E-state index is 0.799. The van der Waals surface area contributed by atoms with Crippen LogP contribution in [0.4, 0.5) is 0 Å². The van der Waals surface area contributed by atoms with Crippen LogP contribution in [-0.4, -0.2) is 20.2 Å². The summed E-state index contributed by atoms with van der Waals surface area (Å²) in [5.74, 6) is 1.79. The van der Waals surface area contributed by atoms with E-state index in [2.05, 4.69) is 33.4 Å². The first-order valence-corrected chi connectivity index (χ1v) is 6.65. The number of hydrogen-bond donors (Lipinski definition) is 1. The fourth-order valence-electron chi connectivity index (χ4n) is 1.61. The fraction of sp³-hybridized carbons (Fsp3) is 0.538. The van der Waals surface area contributed by atoms with Gasteiger partial charge < -0.3 is 10.1 Å². The molecule has 0 aromatic heterocycles. The summed E-state index contributed by atoms with van der Waals surface area (Å²) in [6.45, 7) is 1.86. The van der Waals surface area contributed by atoms with E-state index in [9.17, 15) is 0 Å². The van der Waals surface area contributed by atoms with Gasteiger partial charge in [0.05, 0.1) is 11.1 Å². The molecule has 0 radical (unpaired) electrons. The Hall–Kier alpha value is -0.540. The second-order valence-electron chi connectivity index (χ2n) is 4.34. The Bertz CT molecular complexity index is 350. The van der Waals surface area contributed by atoms with Crippen LogP contribution < -0.4 is 10.1 Å². The highest BCUT2D eigenvalue weighted by molar-refractivity contribution is 9.10. The number of benzene rings is 1. The average Bonchev–Trinajstić information content (AvgIpc) is 3.10. The molecule has 0 atom stereocenters. The molecule has 0 heterocycles. The lowest BCUT2D eigenvalue weighted by atomic mass is 10.1. The van der Waals surface area contributed by atoms with Gasteiger partial charge in [-0.05, 0) is 66.3 Å². The molecular weight excluding hydrogens is 266 g/mol. The van der Waals surface area contributed by atoms with E-state index in [-0.39, 0.29) is 0 Å². The van der Waals surface area contributed by atoms with Crippen molar-refractivity contribution in [1.29, 1.82) is 0 Å². The van der Waals surface area contributed by atoms with Crippen molar-refractivity contribution in [3.05, 3.63) is 28.2 Å². The van der Waals surface area contributed by atoms with Gasteiger partial charge in [-0.1, -0.05) is 12.1 Å². The molecule has 1 aromatic carbocycles. The quantitative estimate of drug-likeness (QED) is 0.867. The molecule has 0 spiro atoms. The summed E-state index contributed by atoms with van der Waals surface area (Å²) in [5, 5.41) is 3.16. The minimum absolute atomic E-state index is 0.799. The Kier molecular flexibility index (Phi) is 4.24. The predicted molar refractivity (Wildman–Crippen MR) is 70.0 cm³/mol. The lowest BCUT2D eigenvalue weighted by Gasteiger charge is -2.11. The zero-order valence-corrected chi connectivity index (χ0v) is 11.2. The summed E-state index contributed by atoms with van der Waals surface area (Å²) in [6.07, 6.45) is 3.69. The summed E-state index contributed by atoms with van der Waals surface area (Å²) >= 11 is 3.63. The third-order valence-electron chi connectivity index (χ3n) is 2.86. The standard InChI is InChI=1S/C13H18BrNO/c1-15-8-7-11-3-2-4-12(13(11)14)16-9-10-5-6-10/h2-4,10,15H,5-9H2,1H3. The molecule has 0 amide bonds. The van der Waals surface area contributed by atoms with Crippen molar-refractivity contribution in [3.63, 3.8) is 0 Å². The third kappa shape index (κ3) is 3.22. The maximum atomic E-state index is 5.81. The highest BCUT2D eigenvalue weighted by Crippen LogP contribution is 2.33. The van der Waals surface area contributed by atoms with Gasteiger partial charge in [-0.25, -0.2) is 0 Å². The summed E-state index contributed by atoms with van der Waals surface area (Å²) in [5.41, 5.74) is 1.31. The van der Waals surface area contributed by atoms with Crippen LogP contribution in [0, 0.1) is 5.92 Å². The molecule has 0 saturated heterocycles. The molecule has 1 N–H and O–H groups in total. The number of halogens is 1. The Labute approximate surface area is 106 Å². The minimum Gasteiger partial charge on any atom is -0.492 e. The molecule has 0 bridgehead atoms. The molecule has 2 rings (SSSR count). The zero-order valence-electron chi connectivity index (χ0n) is 9.63. The van der Waals surface area contributed by atoms with Crippen molar-refractivity contribution < 1.29 is 4.74 Å². The van der Waals surface area contributed by atoms with Gasteiger partial charge in [-0.15, -0.1) is 0 Å². The molecule has 0 unspecified atom stereocenters. The number of hydrogen-bond acceptors (Lipinski definition) is 2. The Morgan fingerprint density at radius 2 is 2.25 bits per heavy atom. The molecule has 2 nitrogen and oxygen atoms in total. The van der Waals surface area contributed by atoms with Crippen molar-refractivity contribution in [2.75, 3.05) is 20.2 Å². The maximum absolute atomic E-state index is 5.81. The van der Waals surface area contributed by atoms with Gasteiger partial charge in [0.15, 0.2) is 0 Å². The van der Waals surface area contributed by atoms with Gasteiger partial charge in [-0.3, -0.25) is 0 Å². The first kappa shape index (κ1) is 11.9. The van der Waals surface area contributed by atoms with Crippen LogP contribution in [0.2, 0.25) is 0 Å². The first-order chi connectivity index (χ1) is 7.81. The lowest BCUT2D eigenvalue weighted by Crippen LogP contribution is -2.11. The van der Waals surface area contributed by atoms with Crippen LogP contribution in [0.25, 0.3) is 0 Å². The highest BCUT2D eigenvalue weighted by atomic mass is 79.9. The van der Waals surface area contributed by atoms with Crippen LogP contribution in [0.5, 0.6) is 5.75 Å². The highest BCUT2D eigenvalue weighted by Gasteiger charge is 2.22. The molecule has 16 heavy (non-hydrogen) atoms. The maximum Gasteiger partial charge on any atom is 0.133 e. The van der Waals surface area contributed by atoms with E-state index in [4.69, 9.17) is 4.74 Å². The molecular formula is C13H18BrNO. The van der Waals surface area contributed by atoms with Crippen LogP contribution >= 0.6 is 15.9 Å². The molecule has 1 fully saturated rings. The average molecular weight is 284 g/mol. The van der Waals surface area contributed by atoms with Gasteiger partial charge in [0.1, 0.15) is 5.75 Å². The van der Waals surface area contributed by atoms with Gasteiger partial charge in [0.25, 0.3) is 0 Å². The smallest absolute Gasteiger partial charge is 0.133 e. The number of likely N-dealkylation sites (N-methyl/N-ethyl adjacent to an activating group) is 1. The second kappa shape index (κ2) is 5.69. The van der Waals surface area contributed by atoms with Gasteiger partial charge in [0.2, 0.25) is 0 Å². The fourth-order valence-corrected chi connectivity index (χ4v) is 2.19. The summed E-state index contributed by atoms with van der Waals surface area (Å²) in [4.78, 5) is 0. The van der Waals surface area contributed by atoms with E-state index in [1.54, 1.807) is 0 Å². The second-order valence-corrected chi connectivity index (χ2v) is 5.13. The van der Waals surface area contributed by atoms with Crippen LogP contribution in [0.3, 0.4) is 0 Å². The van der Waals surface area contributed by atoms with Crippen molar-refractivity contribution >= 4 is 15.9 Å². The topological polar surface area (TPSA) is 21.3 Å². The van der Waals surface area contributed by atoms with E-state index in [0.29, 0.717) is 0 Å². The van der Waals surface area contributed by atoms with Gasteiger partial charge >= 0.3 is 0 Å². The molecule has 1 saturated carbocycles. The van der Waals surface area contributed by atoms with Crippen molar-refractivity contribution in [3.8, 4) is 5.75 Å². The van der Waals surface area contributed by atoms with E-state index in [0.717, 1.165) is 35.7 Å². The Morgan fingerprint density at radius 3 is 2.94 bits per heavy atom. The molecule has 1 aromatic rings. The van der Waals surface area contributed by atoms with E-state index >= 15 is 0 Å². The van der Waals surface area contributed by atoms with Crippen LogP contribution in [-0.2, 0) is 6.42 Å². The Balaban J connectivity index is 1.99. The largest absolute Gasteiger partial charge is 0.492 e. The summed E-state index contributed by atoms with van der Waals surface area (Å²) in [6, 6.07) is 6.25. The molecule has 0 aliphatic heterocycles. The molecule has 1 aliphatic rings.